The number of carbonyl (C=O) groups excluding carboxylic acids is 1. The average molecular weight is 404 g/mol. The highest BCUT2D eigenvalue weighted by atomic mass is 32.2. The molecular weight excluding hydrogens is 382 g/mol. The maximum Gasteiger partial charge on any atom is 0.231 e. The van der Waals surface area contributed by atoms with Gasteiger partial charge in [-0.15, -0.1) is 0 Å². The smallest absolute Gasteiger partial charge is 0.231 e. The Labute approximate surface area is 173 Å². The van der Waals surface area contributed by atoms with Crippen LogP contribution in [-0.4, -0.2) is 28.7 Å². The summed E-state index contributed by atoms with van der Waals surface area (Å²) in [6.45, 7) is 0. The maximum absolute atomic E-state index is 12.7. The van der Waals surface area contributed by atoms with Gasteiger partial charge in [-0.3, -0.25) is 4.79 Å². The van der Waals surface area contributed by atoms with Crippen molar-refractivity contribution in [2.24, 2.45) is 0 Å². The Morgan fingerprint density at radius 2 is 1.69 bits per heavy atom. The molecule has 0 radical (unpaired) electrons. The lowest BCUT2D eigenvalue weighted by Crippen LogP contribution is -2.30. The van der Waals surface area contributed by atoms with Gasteiger partial charge in [0.2, 0.25) is 5.91 Å². The molecule has 2 N–H and O–H groups in total. The molecule has 29 heavy (non-hydrogen) atoms. The number of ether oxygens (including phenoxy) is 1. The molecule has 0 saturated carbocycles. The Hall–Kier alpha value is -3.25. The van der Waals surface area contributed by atoms with E-state index >= 15 is 0 Å². The Morgan fingerprint density at radius 1 is 1.00 bits per heavy atom. The number of aromatic nitrogens is 2. The summed E-state index contributed by atoms with van der Waals surface area (Å²) >= 11 is 1.39. The first-order chi connectivity index (χ1) is 14.2. The number of nitrogens with zero attached hydrogens (tertiary/aromatic N) is 1. The van der Waals surface area contributed by atoms with Crippen LogP contribution in [0.5, 0.6) is 5.75 Å². The van der Waals surface area contributed by atoms with Crippen molar-refractivity contribution in [1.29, 1.82) is 0 Å². The largest absolute Gasteiger partial charge is 0.497 e. The summed E-state index contributed by atoms with van der Waals surface area (Å²) in [5.74, 6) is 1.01. The molecular formula is C23H21N3O2S. The zero-order valence-electron chi connectivity index (χ0n) is 16.0. The van der Waals surface area contributed by atoms with Gasteiger partial charge in [0.05, 0.1) is 29.9 Å². The molecule has 1 aromatic heterocycles. The fraction of sp³-hybridized carbons (Fsp3) is 0.130. The van der Waals surface area contributed by atoms with E-state index in [1.54, 1.807) is 7.11 Å². The van der Waals surface area contributed by atoms with Crippen LogP contribution in [0.1, 0.15) is 17.2 Å². The summed E-state index contributed by atoms with van der Waals surface area (Å²) in [7, 11) is 1.64. The Balaban J connectivity index is 1.48. The van der Waals surface area contributed by atoms with Crippen molar-refractivity contribution < 1.29 is 9.53 Å². The van der Waals surface area contributed by atoms with Crippen LogP contribution < -0.4 is 10.1 Å². The van der Waals surface area contributed by atoms with Crippen molar-refractivity contribution in [3.05, 3.63) is 90.0 Å². The second-order valence-corrected chi connectivity index (χ2v) is 7.50. The van der Waals surface area contributed by atoms with E-state index in [2.05, 4.69) is 15.3 Å². The van der Waals surface area contributed by atoms with E-state index in [1.807, 2.05) is 78.9 Å². The van der Waals surface area contributed by atoms with Gasteiger partial charge in [0.25, 0.3) is 0 Å². The number of aromatic amines is 1. The number of amides is 1. The van der Waals surface area contributed by atoms with Crippen LogP contribution >= 0.6 is 11.8 Å². The number of H-pyrrole nitrogens is 1. The lowest BCUT2D eigenvalue weighted by molar-refractivity contribution is -0.119. The lowest BCUT2D eigenvalue weighted by Gasteiger charge is -2.20. The van der Waals surface area contributed by atoms with E-state index in [1.165, 1.54) is 11.8 Å². The zero-order valence-corrected chi connectivity index (χ0v) is 16.8. The van der Waals surface area contributed by atoms with E-state index in [4.69, 9.17) is 4.74 Å². The standard InChI is InChI=1S/C23H21N3O2S/c1-28-18-13-11-17(12-14-18)22(16-7-3-2-4-8-16)26-21(27)15-29-23-24-19-9-5-6-10-20(19)25-23/h2-14,22H,15H2,1H3,(H,24,25)(H,26,27). The molecule has 3 aromatic carbocycles. The van der Waals surface area contributed by atoms with Crippen LogP contribution in [0.4, 0.5) is 0 Å². The highest BCUT2D eigenvalue weighted by Crippen LogP contribution is 2.25. The molecule has 6 heteroatoms. The van der Waals surface area contributed by atoms with Crippen LogP contribution in [0.2, 0.25) is 0 Å². The topological polar surface area (TPSA) is 67.0 Å². The fourth-order valence-electron chi connectivity index (χ4n) is 3.14. The van der Waals surface area contributed by atoms with Gasteiger partial charge < -0.3 is 15.0 Å². The third-order valence-electron chi connectivity index (χ3n) is 4.59. The number of methoxy groups -OCH3 is 1. The van der Waals surface area contributed by atoms with Crippen LogP contribution in [0.25, 0.3) is 11.0 Å². The number of imidazole rings is 1. The second-order valence-electron chi connectivity index (χ2n) is 6.53. The second kappa shape index (κ2) is 8.84. The van der Waals surface area contributed by atoms with Gasteiger partial charge in [0.15, 0.2) is 5.16 Å². The number of thioether (sulfide) groups is 1. The van der Waals surface area contributed by atoms with Crippen molar-refractivity contribution in [1.82, 2.24) is 15.3 Å². The summed E-state index contributed by atoms with van der Waals surface area (Å²) in [5, 5.41) is 3.89. The Morgan fingerprint density at radius 3 is 2.41 bits per heavy atom. The van der Waals surface area contributed by atoms with E-state index in [0.29, 0.717) is 0 Å². The normalized spacial score (nSPS) is 11.9. The minimum Gasteiger partial charge on any atom is -0.497 e. The van der Waals surface area contributed by atoms with Crippen molar-refractivity contribution in [2.45, 2.75) is 11.2 Å². The van der Waals surface area contributed by atoms with Gasteiger partial charge in [0.1, 0.15) is 5.75 Å². The van der Waals surface area contributed by atoms with E-state index in [0.717, 1.165) is 33.1 Å². The summed E-state index contributed by atoms with van der Waals surface area (Å²) < 4.78 is 5.25. The number of carbonyl (C=O) groups is 1. The molecule has 0 aliphatic carbocycles. The predicted octanol–water partition coefficient (Wildman–Crippen LogP) is 4.57. The van der Waals surface area contributed by atoms with Crippen LogP contribution in [-0.2, 0) is 4.79 Å². The Kier molecular flexibility index (Phi) is 5.81. The van der Waals surface area contributed by atoms with E-state index in [-0.39, 0.29) is 17.7 Å². The minimum atomic E-state index is -0.231. The van der Waals surface area contributed by atoms with Crippen molar-refractivity contribution >= 4 is 28.7 Å². The van der Waals surface area contributed by atoms with Crippen molar-refractivity contribution in [3.8, 4) is 5.75 Å². The highest BCUT2D eigenvalue weighted by molar-refractivity contribution is 7.99. The summed E-state index contributed by atoms with van der Waals surface area (Å²) in [6, 6.07) is 25.3. The first kappa shape index (κ1) is 19.1. The van der Waals surface area contributed by atoms with Gasteiger partial charge in [0, 0.05) is 0 Å². The SMILES string of the molecule is COc1ccc(C(NC(=O)CSc2nc3ccccc3[nH]2)c2ccccc2)cc1. The maximum atomic E-state index is 12.7. The first-order valence-electron chi connectivity index (χ1n) is 9.29. The number of rotatable bonds is 7. The monoisotopic (exact) mass is 403 g/mol. The van der Waals surface area contributed by atoms with E-state index < -0.39 is 0 Å². The van der Waals surface area contributed by atoms with Gasteiger partial charge in [-0.2, -0.15) is 0 Å². The van der Waals surface area contributed by atoms with Gasteiger partial charge >= 0.3 is 0 Å². The van der Waals surface area contributed by atoms with Gasteiger partial charge in [-0.05, 0) is 35.4 Å². The molecule has 5 nitrogen and oxygen atoms in total. The number of hydrogen-bond donors (Lipinski definition) is 2. The van der Waals surface area contributed by atoms with Crippen LogP contribution in [0, 0.1) is 0 Å². The molecule has 0 fully saturated rings. The first-order valence-corrected chi connectivity index (χ1v) is 10.3. The molecule has 0 aliphatic rings. The highest BCUT2D eigenvalue weighted by Gasteiger charge is 2.17. The molecule has 4 aromatic rings. The molecule has 0 spiro atoms. The van der Waals surface area contributed by atoms with Crippen LogP contribution in [0.3, 0.4) is 0 Å². The molecule has 0 aliphatic heterocycles. The van der Waals surface area contributed by atoms with E-state index in [9.17, 15) is 4.79 Å². The van der Waals surface area contributed by atoms with Crippen molar-refractivity contribution in [2.75, 3.05) is 12.9 Å². The molecule has 1 amide bonds. The number of nitrogens with one attached hydrogen (secondary N) is 2. The molecule has 1 unspecified atom stereocenters. The van der Waals surface area contributed by atoms with Gasteiger partial charge in [-0.25, -0.2) is 4.98 Å². The van der Waals surface area contributed by atoms with Crippen LogP contribution in [0.15, 0.2) is 84.0 Å². The lowest BCUT2D eigenvalue weighted by atomic mass is 9.98. The summed E-state index contributed by atoms with van der Waals surface area (Å²) in [6.07, 6.45) is 0. The zero-order chi connectivity index (χ0) is 20.1. The third kappa shape index (κ3) is 4.60. The van der Waals surface area contributed by atoms with Gasteiger partial charge in [-0.1, -0.05) is 66.4 Å². The van der Waals surface area contributed by atoms with Crippen molar-refractivity contribution in [3.63, 3.8) is 0 Å². The number of hydrogen-bond acceptors (Lipinski definition) is 4. The molecule has 1 heterocycles. The minimum absolute atomic E-state index is 0.0554. The Bertz CT molecular complexity index is 1060. The predicted molar refractivity (Wildman–Crippen MR) is 116 cm³/mol. The average Bonchev–Trinajstić information content (AvgIpc) is 3.20. The summed E-state index contributed by atoms with van der Waals surface area (Å²) in [4.78, 5) is 20.5. The fourth-order valence-corrected chi connectivity index (χ4v) is 3.83. The molecule has 146 valence electrons. The molecule has 0 bridgehead atoms. The summed E-state index contributed by atoms with van der Waals surface area (Å²) in [5.41, 5.74) is 3.89. The molecule has 1 atom stereocenters. The quantitative estimate of drug-likeness (QED) is 0.444. The number of fused-ring (bicyclic) bond motifs is 1. The number of benzene rings is 3. The molecule has 0 saturated heterocycles. The number of para-hydroxylation sites is 2. The third-order valence-corrected chi connectivity index (χ3v) is 5.47. The molecule has 4 rings (SSSR count).